The molecule has 0 fully saturated rings. The number of carbonyl (C=O) groups is 3. The minimum Gasteiger partial charge on any atom is -0.370 e. The van der Waals surface area contributed by atoms with Crippen molar-refractivity contribution in [3.8, 4) is 0 Å². The molecule has 0 atom stereocenters. The number of ketones is 1. The number of hydrogen-bond acceptors (Lipinski definition) is 7. The van der Waals surface area contributed by atoms with Crippen LogP contribution >= 0.6 is 23.1 Å². The number of thiophene rings is 1. The first kappa shape index (κ1) is 23.1. The molecule has 0 unspecified atom stereocenters. The molecule has 3 N–H and O–H groups in total. The first-order valence-corrected chi connectivity index (χ1v) is 11.3. The van der Waals surface area contributed by atoms with Crippen LogP contribution in [0.5, 0.6) is 0 Å². The molecule has 0 aromatic carbocycles. The first-order valence-electron chi connectivity index (χ1n) is 9.45. The fourth-order valence-electron chi connectivity index (χ4n) is 2.62. The highest BCUT2D eigenvalue weighted by atomic mass is 32.2. The van der Waals surface area contributed by atoms with Gasteiger partial charge in [0.15, 0.2) is 10.9 Å². The van der Waals surface area contributed by atoms with E-state index in [2.05, 4.69) is 29.4 Å². The number of Topliss-reactive ketones (excluding diaryl/α,β-unsaturated/α-hetero) is 1. The van der Waals surface area contributed by atoms with Gasteiger partial charge in [-0.25, -0.2) is 0 Å². The van der Waals surface area contributed by atoms with Crippen LogP contribution in [0.25, 0.3) is 0 Å². The highest BCUT2D eigenvalue weighted by Crippen LogP contribution is 2.23. The summed E-state index contributed by atoms with van der Waals surface area (Å²) in [7, 11) is 0. The number of primary amides is 1. The smallest absolute Gasteiger partial charge is 0.217 e. The van der Waals surface area contributed by atoms with Gasteiger partial charge < -0.3 is 15.6 Å². The fraction of sp³-hybridized carbons (Fsp3) is 0.526. The van der Waals surface area contributed by atoms with Crippen molar-refractivity contribution >= 4 is 40.7 Å². The maximum atomic E-state index is 12.6. The Hall–Kier alpha value is -2.20. The minimum absolute atomic E-state index is 0.0311. The van der Waals surface area contributed by atoms with E-state index in [-0.39, 0.29) is 29.8 Å². The Morgan fingerprint density at radius 1 is 1.24 bits per heavy atom. The van der Waals surface area contributed by atoms with Crippen molar-refractivity contribution in [1.82, 2.24) is 20.1 Å². The van der Waals surface area contributed by atoms with Gasteiger partial charge in [0.1, 0.15) is 5.82 Å². The molecule has 0 aliphatic heterocycles. The number of amides is 2. The molecular formula is C19H27N5O3S2. The zero-order valence-electron chi connectivity index (χ0n) is 16.9. The van der Waals surface area contributed by atoms with Crippen molar-refractivity contribution < 1.29 is 14.4 Å². The first-order chi connectivity index (χ1) is 13.8. The lowest BCUT2D eigenvalue weighted by molar-refractivity contribution is -0.119. The lowest BCUT2D eigenvalue weighted by atomic mass is 10.2. The summed E-state index contributed by atoms with van der Waals surface area (Å²) < 4.78 is 1.97. The van der Waals surface area contributed by atoms with Gasteiger partial charge in [-0.3, -0.25) is 14.4 Å². The highest BCUT2D eigenvalue weighted by Gasteiger charge is 2.17. The quantitative estimate of drug-likeness (QED) is 0.387. The number of hydrogen-bond donors (Lipinski definition) is 2. The van der Waals surface area contributed by atoms with Crippen molar-refractivity contribution in [1.29, 1.82) is 0 Å². The van der Waals surface area contributed by atoms with Gasteiger partial charge in [0.2, 0.25) is 11.8 Å². The van der Waals surface area contributed by atoms with Gasteiger partial charge in [-0.05, 0) is 24.5 Å². The lowest BCUT2D eigenvalue weighted by Gasteiger charge is -2.11. The maximum Gasteiger partial charge on any atom is 0.217 e. The van der Waals surface area contributed by atoms with Gasteiger partial charge >= 0.3 is 0 Å². The third-order valence-corrected chi connectivity index (χ3v) is 6.10. The summed E-state index contributed by atoms with van der Waals surface area (Å²) in [5.74, 6) is 0.942. The van der Waals surface area contributed by atoms with Crippen molar-refractivity contribution in [2.75, 3.05) is 12.3 Å². The predicted molar refractivity (Wildman–Crippen MR) is 114 cm³/mol. The number of nitrogens with one attached hydrogen (secondary N) is 1. The summed E-state index contributed by atoms with van der Waals surface area (Å²) in [4.78, 5) is 36.3. The SMILES string of the molecule is CC(=O)NCCc1ccc(C(=O)CSc2nnc(CCC(N)=O)n2CC(C)C)s1. The van der Waals surface area contributed by atoms with Crippen LogP contribution in [-0.4, -0.2) is 44.7 Å². The molecule has 0 aliphatic carbocycles. The zero-order chi connectivity index (χ0) is 21.4. The predicted octanol–water partition coefficient (Wildman–Crippen LogP) is 2.07. The number of rotatable bonds is 12. The molecule has 0 saturated carbocycles. The summed E-state index contributed by atoms with van der Waals surface area (Å²) in [5.41, 5.74) is 5.24. The van der Waals surface area contributed by atoms with Gasteiger partial charge in [0, 0.05) is 37.7 Å². The number of nitrogens with two attached hydrogens (primary N) is 1. The van der Waals surface area contributed by atoms with Crippen LogP contribution in [0, 0.1) is 5.92 Å². The van der Waals surface area contributed by atoms with E-state index >= 15 is 0 Å². The second-order valence-electron chi connectivity index (χ2n) is 7.08. The Kier molecular flexibility index (Phi) is 8.84. The number of carbonyl (C=O) groups excluding carboxylic acids is 3. The lowest BCUT2D eigenvalue weighted by Crippen LogP contribution is -2.22. The van der Waals surface area contributed by atoms with Gasteiger partial charge in [-0.2, -0.15) is 0 Å². The maximum absolute atomic E-state index is 12.6. The molecule has 0 saturated heterocycles. The average Bonchev–Trinajstić information content (AvgIpc) is 3.25. The summed E-state index contributed by atoms with van der Waals surface area (Å²) in [6.45, 7) is 6.93. The summed E-state index contributed by atoms with van der Waals surface area (Å²) >= 11 is 2.80. The Labute approximate surface area is 178 Å². The molecular weight excluding hydrogens is 410 g/mol. The van der Waals surface area contributed by atoms with E-state index in [9.17, 15) is 14.4 Å². The second kappa shape index (κ2) is 11.1. The second-order valence-corrected chi connectivity index (χ2v) is 9.19. The molecule has 0 spiro atoms. The number of thioether (sulfide) groups is 1. The third-order valence-electron chi connectivity index (χ3n) is 3.95. The molecule has 10 heteroatoms. The molecule has 8 nitrogen and oxygen atoms in total. The molecule has 0 radical (unpaired) electrons. The normalized spacial score (nSPS) is 11.0. The summed E-state index contributed by atoms with van der Waals surface area (Å²) in [6, 6.07) is 3.75. The van der Waals surface area contributed by atoms with E-state index in [1.54, 1.807) is 0 Å². The van der Waals surface area contributed by atoms with E-state index in [4.69, 9.17) is 5.73 Å². The summed E-state index contributed by atoms with van der Waals surface area (Å²) in [6.07, 6.45) is 1.36. The van der Waals surface area contributed by atoms with Gasteiger partial charge in [0.05, 0.1) is 10.6 Å². The Morgan fingerprint density at radius 3 is 2.66 bits per heavy atom. The average molecular weight is 438 g/mol. The summed E-state index contributed by atoms with van der Waals surface area (Å²) in [5, 5.41) is 11.8. The molecule has 0 aliphatic rings. The molecule has 2 aromatic heterocycles. The van der Waals surface area contributed by atoms with E-state index in [1.165, 1.54) is 30.0 Å². The van der Waals surface area contributed by atoms with Crippen molar-refractivity contribution in [2.24, 2.45) is 11.7 Å². The van der Waals surface area contributed by atoms with Crippen molar-refractivity contribution in [3.05, 3.63) is 27.7 Å². The monoisotopic (exact) mass is 437 g/mol. The van der Waals surface area contributed by atoms with Crippen LogP contribution < -0.4 is 11.1 Å². The number of nitrogens with zero attached hydrogens (tertiary/aromatic N) is 3. The largest absolute Gasteiger partial charge is 0.370 e. The Morgan fingerprint density at radius 2 is 2.00 bits per heavy atom. The molecule has 2 amide bonds. The van der Waals surface area contributed by atoms with Crippen LogP contribution in [0.1, 0.15) is 47.6 Å². The number of aryl methyl sites for hydroxylation is 1. The Balaban J connectivity index is 1.97. The standard InChI is InChI=1S/C19H27N5O3S2/c1-12(2)10-24-18(7-6-17(20)27)22-23-19(24)28-11-15(26)16-5-4-14(29-16)8-9-21-13(3)25/h4-5,12H,6-11H2,1-3H3,(H2,20,27)(H,21,25). The van der Waals surface area contributed by atoms with E-state index in [0.29, 0.717) is 47.7 Å². The van der Waals surface area contributed by atoms with E-state index in [0.717, 1.165) is 4.88 Å². The van der Waals surface area contributed by atoms with E-state index in [1.807, 2.05) is 16.7 Å². The molecule has 2 aromatic rings. The van der Waals surface area contributed by atoms with Crippen LogP contribution in [0.4, 0.5) is 0 Å². The molecule has 158 valence electrons. The third kappa shape index (κ3) is 7.62. The fourth-order valence-corrected chi connectivity index (χ4v) is 4.51. The zero-order valence-corrected chi connectivity index (χ0v) is 18.6. The van der Waals surface area contributed by atoms with Crippen LogP contribution in [0.3, 0.4) is 0 Å². The van der Waals surface area contributed by atoms with Gasteiger partial charge in [-0.15, -0.1) is 21.5 Å². The van der Waals surface area contributed by atoms with Gasteiger partial charge in [-0.1, -0.05) is 25.6 Å². The van der Waals surface area contributed by atoms with E-state index < -0.39 is 0 Å². The Bertz CT molecular complexity index is 860. The van der Waals surface area contributed by atoms with Gasteiger partial charge in [0.25, 0.3) is 0 Å². The topological polar surface area (TPSA) is 120 Å². The molecule has 29 heavy (non-hydrogen) atoms. The molecule has 2 heterocycles. The highest BCUT2D eigenvalue weighted by molar-refractivity contribution is 7.99. The van der Waals surface area contributed by atoms with Crippen molar-refractivity contribution in [2.45, 2.75) is 51.7 Å². The van der Waals surface area contributed by atoms with Crippen LogP contribution in [0.2, 0.25) is 0 Å². The minimum atomic E-state index is -0.375. The van der Waals surface area contributed by atoms with Crippen LogP contribution in [0.15, 0.2) is 17.3 Å². The number of aromatic nitrogens is 3. The van der Waals surface area contributed by atoms with Crippen LogP contribution in [-0.2, 0) is 29.0 Å². The van der Waals surface area contributed by atoms with Crippen molar-refractivity contribution in [3.63, 3.8) is 0 Å². The molecule has 2 rings (SSSR count). The molecule has 0 bridgehead atoms.